The number of hydrogen-bond acceptors (Lipinski definition) is 3. The highest BCUT2D eigenvalue weighted by atomic mass is 79.9. The molecule has 104 valence electrons. The van der Waals surface area contributed by atoms with Crippen LogP contribution >= 0.6 is 28.6 Å². The molecular formula is C16H11BrN2OS. The molecule has 0 radical (unpaired) electrons. The first kappa shape index (κ1) is 14.1. The SMILES string of the molecule is O=C(Nc1cccc2ccncc12)c1cc(S)ccc1Br. The molecule has 5 heteroatoms. The molecule has 0 saturated carbocycles. The molecule has 0 aliphatic heterocycles. The molecule has 0 aliphatic rings. The molecule has 0 aliphatic carbocycles. The minimum Gasteiger partial charge on any atom is -0.321 e. The third kappa shape index (κ3) is 2.94. The molecule has 2 aromatic carbocycles. The predicted molar refractivity (Wildman–Crippen MR) is 91.1 cm³/mol. The van der Waals surface area contributed by atoms with E-state index in [2.05, 4.69) is 38.9 Å². The number of hydrogen-bond donors (Lipinski definition) is 2. The first-order chi connectivity index (χ1) is 10.1. The van der Waals surface area contributed by atoms with Crippen LogP contribution in [0.3, 0.4) is 0 Å². The molecule has 21 heavy (non-hydrogen) atoms. The number of nitrogens with one attached hydrogen (secondary N) is 1. The molecule has 0 spiro atoms. The van der Waals surface area contributed by atoms with Crippen molar-refractivity contribution in [3.8, 4) is 0 Å². The molecule has 0 unspecified atom stereocenters. The Labute approximate surface area is 135 Å². The van der Waals surface area contributed by atoms with Gasteiger partial charge in [-0.3, -0.25) is 9.78 Å². The van der Waals surface area contributed by atoms with Gasteiger partial charge in [0.25, 0.3) is 5.91 Å². The zero-order chi connectivity index (χ0) is 14.8. The van der Waals surface area contributed by atoms with Gasteiger partial charge in [0.2, 0.25) is 0 Å². The van der Waals surface area contributed by atoms with Gasteiger partial charge in [0, 0.05) is 27.1 Å². The van der Waals surface area contributed by atoms with Crippen LogP contribution in [0.1, 0.15) is 10.4 Å². The molecule has 3 nitrogen and oxygen atoms in total. The number of carbonyl (C=O) groups is 1. The molecule has 1 amide bonds. The van der Waals surface area contributed by atoms with E-state index in [0.29, 0.717) is 5.56 Å². The van der Waals surface area contributed by atoms with Crippen LogP contribution in [0.5, 0.6) is 0 Å². The maximum Gasteiger partial charge on any atom is 0.256 e. The standard InChI is InChI=1S/C16H11BrN2OS/c17-14-5-4-11(21)8-12(14)16(20)19-15-3-1-2-10-6-7-18-9-13(10)15/h1-9,21H,(H,19,20). The van der Waals surface area contributed by atoms with Crippen LogP contribution in [0.2, 0.25) is 0 Å². The Balaban J connectivity index is 1.99. The second-order valence-electron chi connectivity index (χ2n) is 4.52. The van der Waals surface area contributed by atoms with E-state index in [-0.39, 0.29) is 5.91 Å². The fourth-order valence-electron chi connectivity index (χ4n) is 2.10. The number of benzene rings is 2. The minimum absolute atomic E-state index is 0.186. The number of fused-ring (bicyclic) bond motifs is 1. The summed E-state index contributed by atoms with van der Waals surface area (Å²) in [6.07, 6.45) is 3.48. The summed E-state index contributed by atoms with van der Waals surface area (Å²) in [4.78, 5) is 17.3. The van der Waals surface area contributed by atoms with Crippen molar-refractivity contribution in [2.24, 2.45) is 0 Å². The lowest BCUT2D eigenvalue weighted by atomic mass is 10.1. The maximum absolute atomic E-state index is 12.4. The molecule has 0 atom stereocenters. The molecule has 3 aromatic rings. The number of thiol groups is 1. The van der Waals surface area contributed by atoms with Crippen LogP contribution in [0.15, 0.2) is 64.2 Å². The Hall–Kier alpha value is -1.85. The van der Waals surface area contributed by atoms with Gasteiger partial charge in [0.05, 0.1) is 11.3 Å². The summed E-state index contributed by atoms with van der Waals surface area (Å²) in [6.45, 7) is 0. The van der Waals surface area contributed by atoms with Gasteiger partial charge >= 0.3 is 0 Å². The van der Waals surface area contributed by atoms with E-state index in [1.54, 1.807) is 18.5 Å². The highest BCUT2D eigenvalue weighted by Gasteiger charge is 2.12. The summed E-state index contributed by atoms with van der Waals surface area (Å²) in [7, 11) is 0. The zero-order valence-corrected chi connectivity index (χ0v) is 13.4. The van der Waals surface area contributed by atoms with Gasteiger partial charge in [-0.05, 0) is 51.6 Å². The molecule has 0 fully saturated rings. The van der Waals surface area contributed by atoms with Crippen LogP contribution in [0, 0.1) is 0 Å². The predicted octanol–water partition coefficient (Wildman–Crippen LogP) is 4.54. The summed E-state index contributed by atoms with van der Waals surface area (Å²) >= 11 is 7.66. The van der Waals surface area contributed by atoms with Gasteiger partial charge in [0.15, 0.2) is 0 Å². The molecule has 1 heterocycles. The average molecular weight is 359 g/mol. The quantitative estimate of drug-likeness (QED) is 0.660. The molecular weight excluding hydrogens is 348 g/mol. The second kappa shape index (κ2) is 5.87. The largest absolute Gasteiger partial charge is 0.321 e. The zero-order valence-electron chi connectivity index (χ0n) is 10.9. The Morgan fingerprint density at radius 3 is 2.90 bits per heavy atom. The van der Waals surface area contributed by atoms with E-state index < -0.39 is 0 Å². The highest BCUT2D eigenvalue weighted by Crippen LogP contribution is 2.25. The van der Waals surface area contributed by atoms with Gasteiger partial charge in [-0.1, -0.05) is 12.1 Å². The Bertz CT molecular complexity index is 830. The number of amides is 1. The summed E-state index contributed by atoms with van der Waals surface area (Å²) < 4.78 is 0.733. The van der Waals surface area contributed by atoms with Crippen molar-refractivity contribution in [1.82, 2.24) is 4.98 Å². The van der Waals surface area contributed by atoms with Gasteiger partial charge in [-0.25, -0.2) is 0 Å². The molecule has 0 saturated heterocycles. The fourth-order valence-corrected chi connectivity index (χ4v) is 2.73. The fraction of sp³-hybridized carbons (Fsp3) is 0. The third-order valence-electron chi connectivity index (χ3n) is 3.13. The van der Waals surface area contributed by atoms with Crippen molar-refractivity contribution >= 4 is 50.9 Å². The Kier molecular flexibility index (Phi) is 3.94. The summed E-state index contributed by atoms with van der Waals surface area (Å²) in [5.41, 5.74) is 1.28. The van der Waals surface area contributed by atoms with Gasteiger partial charge < -0.3 is 5.32 Å². The van der Waals surface area contributed by atoms with Crippen molar-refractivity contribution in [3.63, 3.8) is 0 Å². The molecule has 3 rings (SSSR count). The Morgan fingerprint density at radius 2 is 2.05 bits per heavy atom. The number of rotatable bonds is 2. The summed E-state index contributed by atoms with van der Waals surface area (Å²) in [5.74, 6) is -0.186. The number of anilines is 1. The molecule has 0 bridgehead atoms. The van der Waals surface area contributed by atoms with E-state index in [4.69, 9.17) is 0 Å². The van der Waals surface area contributed by atoms with Crippen molar-refractivity contribution in [3.05, 3.63) is 64.9 Å². The molecule has 1 N–H and O–H groups in total. The van der Waals surface area contributed by atoms with E-state index >= 15 is 0 Å². The van der Waals surface area contributed by atoms with Crippen LogP contribution in [0.4, 0.5) is 5.69 Å². The highest BCUT2D eigenvalue weighted by molar-refractivity contribution is 9.10. The van der Waals surface area contributed by atoms with Crippen LogP contribution in [-0.4, -0.2) is 10.9 Å². The normalized spacial score (nSPS) is 10.6. The third-order valence-corrected chi connectivity index (χ3v) is 4.10. The van der Waals surface area contributed by atoms with Crippen LogP contribution in [0.25, 0.3) is 10.8 Å². The average Bonchev–Trinajstić information content (AvgIpc) is 2.50. The number of nitrogens with zero attached hydrogens (tertiary/aromatic N) is 1. The molecule has 1 aromatic heterocycles. The van der Waals surface area contributed by atoms with Crippen molar-refractivity contribution in [2.45, 2.75) is 4.90 Å². The van der Waals surface area contributed by atoms with E-state index in [0.717, 1.165) is 25.8 Å². The first-order valence-electron chi connectivity index (χ1n) is 6.28. The smallest absolute Gasteiger partial charge is 0.256 e. The maximum atomic E-state index is 12.4. The van der Waals surface area contributed by atoms with Gasteiger partial charge in [-0.15, -0.1) is 12.6 Å². The topological polar surface area (TPSA) is 42.0 Å². The van der Waals surface area contributed by atoms with E-state index in [1.807, 2.05) is 36.4 Å². The minimum atomic E-state index is -0.186. The van der Waals surface area contributed by atoms with Crippen LogP contribution < -0.4 is 5.32 Å². The number of halogens is 1. The van der Waals surface area contributed by atoms with Crippen molar-refractivity contribution in [2.75, 3.05) is 5.32 Å². The van der Waals surface area contributed by atoms with Gasteiger partial charge in [-0.2, -0.15) is 0 Å². The van der Waals surface area contributed by atoms with Crippen molar-refractivity contribution < 1.29 is 4.79 Å². The monoisotopic (exact) mass is 358 g/mol. The number of pyridine rings is 1. The first-order valence-corrected chi connectivity index (χ1v) is 7.52. The lowest BCUT2D eigenvalue weighted by Gasteiger charge is -2.10. The lowest BCUT2D eigenvalue weighted by molar-refractivity contribution is 0.102. The number of carbonyl (C=O) groups excluding carboxylic acids is 1. The van der Waals surface area contributed by atoms with E-state index in [9.17, 15) is 4.79 Å². The second-order valence-corrected chi connectivity index (χ2v) is 5.89. The van der Waals surface area contributed by atoms with Crippen LogP contribution in [-0.2, 0) is 0 Å². The van der Waals surface area contributed by atoms with E-state index in [1.165, 1.54) is 0 Å². The number of aromatic nitrogens is 1. The Morgan fingerprint density at radius 1 is 1.19 bits per heavy atom. The lowest BCUT2D eigenvalue weighted by Crippen LogP contribution is -2.13. The van der Waals surface area contributed by atoms with Crippen molar-refractivity contribution in [1.29, 1.82) is 0 Å². The summed E-state index contributed by atoms with van der Waals surface area (Å²) in [5, 5.41) is 4.87. The van der Waals surface area contributed by atoms with Gasteiger partial charge in [0.1, 0.15) is 0 Å². The summed E-state index contributed by atoms with van der Waals surface area (Å²) in [6, 6.07) is 13.0.